The highest BCUT2D eigenvalue weighted by atomic mass is 32.1. The molecule has 6 aromatic rings. The number of thiophene rings is 1. The number of benzene rings is 3. The Hall–Kier alpha value is -3.43. The van der Waals surface area contributed by atoms with Crippen LogP contribution >= 0.6 is 11.3 Å². The standard InChI is InChI=1S/C32H29NOS/c1-19-8-6-9-20(2)28(19)26-18-33-27(16-22(26)17-32(3,4)5)25-11-7-10-23-24-13-12-21-14-15-35-31(21)30(24)34-29(23)25/h6-16,18H,17H2,1-5H3. The molecule has 0 saturated carbocycles. The molecular formula is C32H29NOS. The Balaban J connectivity index is 1.59. The van der Waals surface area contributed by atoms with E-state index in [2.05, 4.69) is 107 Å². The minimum absolute atomic E-state index is 0.153. The average molecular weight is 476 g/mol. The number of fused-ring (bicyclic) bond motifs is 5. The van der Waals surface area contributed by atoms with E-state index >= 15 is 0 Å². The minimum Gasteiger partial charge on any atom is -0.454 e. The third-order valence-electron chi connectivity index (χ3n) is 6.82. The lowest BCUT2D eigenvalue weighted by Crippen LogP contribution is -2.11. The van der Waals surface area contributed by atoms with E-state index in [1.807, 2.05) is 0 Å². The van der Waals surface area contributed by atoms with Gasteiger partial charge in [0.1, 0.15) is 5.58 Å². The van der Waals surface area contributed by atoms with E-state index in [0.29, 0.717) is 0 Å². The van der Waals surface area contributed by atoms with Gasteiger partial charge in [-0.25, -0.2) is 0 Å². The number of para-hydroxylation sites is 1. The maximum Gasteiger partial charge on any atom is 0.153 e. The molecule has 3 aromatic carbocycles. The van der Waals surface area contributed by atoms with Crippen molar-refractivity contribution in [1.82, 2.24) is 4.98 Å². The van der Waals surface area contributed by atoms with Gasteiger partial charge in [0.25, 0.3) is 0 Å². The van der Waals surface area contributed by atoms with Crippen molar-refractivity contribution in [2.24, 2.45) is 5.41 Å². The van der Waals surface area contributed by atoms with E-state index in [4.69, 9.17) is 9.40 Å². The number of hydrogen-bond acceptors (Lipinski definition) is 3. The Labute approximate surface area is 210 Å². The summed E-state index contributed by atoms with van der Waals surface area (Å²) >= 11 is 1.74. The van der Waals surface area contributed by atoms with Crippen molar-refractivity contribution >= 4 is 43.4 Å². The molecule has 0 saturated heterocycles. The van der Waals surface area contributed by atoms with Crippen molar-refractivity contribution in [3.63, 3.8) is 0 Å². The number of aromatic nitrogens is 1. The van der Waals surface area contributed by atoms with E-state index in [-0.39, 0.29) is 5.41 Å². The van der Waals surface area contributed by atoms with Gasteiger partial charge in [-0.1, -0.05) is 57.2 Å². The van der Waals surface area contributed by atoms with Gasteiger partial charge < -0.3 is 4.42 Å². The number of aryl methyl sites for hydroxylation is 2. The first kappa shape index (κ1) is 22.1. The number of hydrogen-bond donors (Lipinski definition) is 0. The molecule has 0 aliphatic carbocycles. The van der Waals surface area contributed by atoms with Crippen LogP contribution in [0.1, 0.15) is 37.5 Å². The van der Waals surface area contributed by atoms with Crippen LogP contribution in [0.2, 0.25) is 0 Å². The summed E-state index contributed by atoms with van der Waals surface area (Å²) in [6.07, 6.45) is 3.04. The van der Waals surface area contributed by atoms with Gasteiger partial charge in [0.05, 0.1) is 10.4 Å². The van der Waals surface area contributed by atoms with E-state index in [9.17, 15) is 0 Å². The van der Waals surface area contributed by atoms with Gasteiger partial charge in [0.2, 0.25) is 0 Å². The first-order valence-corrected chi connectivity index (χ1v) is 13.1. The van der Waals surface area contributed by atoms with Crippen LogP contribution in [0.25, 0.3) is 54.4 Å². The van der Waals surface area contributed by atoms with Gasteiger partial charge >= 0.3 is 0 Å². The predicted octanol–water partition coefficient (Wildman–Crippen LogP) is 9.74. The van der Waals surface area contributed by atoms with Crippen molar-refractivity contribution in [1.29, 1.82) is 0 Å². The number of nitrogens with zero attached hydrogens (tertiary/aromatic N) is 1. The summed E-state index contributed by atoms with van der Waals surface area (Å²) in [5, 5.41) is 5.67. The third-order valence-corrected chi connectivity index (χ3v) is 7.75. The summed E-state index contributed by atoms with van der Waals surface area (Å²) in [6.45, 7) is 11.3. The maximum absolute atomic E-state index is 6.57. The molecular weight excluding hydrogens is 446 g/mol. The second kappa shape index (κ2) is 8.07. The summed E-state index contributed by atoms with van der Waals surface area (Å²) in [5.41, 5.74) is 10.5. The molecule has 0 aliphatic rings. The first-order chi connectivity index (χ1) is 16.8. The largest absolute Gasteiger partial charge is 0.454 e. The summed E-state index contributed by atoms with van der Waals surface area (Å²) in [7, 11) is 0. The number of pyridine rings is 1. The SMILES string of the molecule is Cc1cccc(C)c1-c1cnc(-c2cccc3c2oc2c3ccc3ccsc32)cc1CC(C)(C)C. The summed E-state index contributed by atoms with van der Waals surface area (Å²) < 4.78 is 7.78. The molecule has 0 spiro atoms. The lowest BCUT2D eigenvalue weighted by molar-refractivity contribution is 0.411. The lowest BCUT2D eigenvalue weighted by atomic mass is 9.83. The first-order valence-electron chi connectivity index (χ1n) is 12.2. The fourth-order valence-corrected chi connectivity index (χ4v) is 6.19. The third kappa shape index (κ3) is 3.75. The molecule has 0 N–H and O–H groups in total. The van der Waals surface area contributed by atoms with Crippen molar-refractivity contribution in [3.05, 3.63) is 88.9 Å². The van der Waals surface area contributed by atoms with Crippen LogP contribution in [-0.4, -0.2) is 4.98 Å². The maximum atomic E-state index is 6.57. The van der Waals surface area contributed by atoms with Gasteiger partial charge in [-0.05, 0) is 83.0 Å². The molecule has 3 heteroatoms. The molecule has 174 valence electrons. The van der Waals surface area contributed by atoms with Crippen LogP contribution in [0, 0.1) is 19.3 Å². The van der Waals surface area contributed by atoms with Crippen LogP contribution < -0.4 is 0 Å². The molecule has 0 radical (unpaired) electrons. The minimum atomic E-state index is 0.153. The zero-order chi connectivity index (χ0) is 24.3. The number of furan rings is 1. The molecule has 0 unspecified atom stereocenters. The van der Waals surface area contributed by atoms with E-state index < -0.39 is 0 Å². The molecule has 0 bridgehead atoms. The Kier molecular flexibility index (Phi) is 5.08. The van der Waals surface area contributed by atoms with E-state index in [1.165, 1.54) is 43.3 Å². The molecule has 35 heavy (non-hydrogen) atoms. The Morgan fingerprint density at radius 1 is 0.829 bits per heavy atom. The Bertz CT molecular complexity index is 1710. The van der Waals surface area contributed by atoms with Crippen molar-refractivity contribution < 1.29 is 4.42 Å². The normalized spacial score (nSPS) is 12.3. The van der Waals surface area contributed by atoms with Crippen LogP contribution in [0.3, 0.4) is 0 Å². The van der Waals surface area contributed by atoms with Gasteiger partial charge in [-0.15, -0.1) is 11.3 Å². The lowest BCUT2D eigenvalue weighted by Gasteiger charge is -2.22. The molecule has 3 heterocycles. The van der Waals surface area contributed by atoms with Crippen molar-refractivity contribution in [3.8, 4) is 22.4 Å². The molecule has 0 atom stereocenters. The monoisotopic (exact) mass is 475 g/mol. The Morgan fingerprint density at radius 2 is 1.57 bits per heavy atom. The summed E-state index contributed by atoms with van der Waals surface area (Å²) in [4.78, 5) is 5.01. The summed E-state index contributed by atoms with van der Waals surface area (Å²) in [5.74, 6) is 0. The van der Waals surface area contributed by atoms with Gasteiger partial charge in [0, 0.05) is 28.1 Å². The molecule has 2 nitrogen and oxygen atoms in total. The zero-order valence-electron chi connectivity index (χ0n) is 20.9. The van der Waals surface area contributed by atoms with Gasteiger partial charge in [-0.2, -0.15) is 0 Å². The van der Waals surface area contributed by atoms with Crippen molar-refractivity contribution in [2.45, 2.75) is 41.0 Å². The van der Waals surface area contributed by atoms with Crippen molar-refractivity contribution in [2.75, 3.05) is 0 Å². The highest BCUT2D eigenvalue weighted by Crippen LogP contribution is 2.41. The van der Waals surface area contributed by atoms with E-state index in [1.54, 1.807) is 11.3 Å². The van der Waals surface area contributed by atoms with Gasteiger partial charge in [0.15, 0.2) is 5.58 Å². The van der Waals surface area contributed by atoms with Crippen LogP contribution in [0.15, 0.2) is 76.7 Å². The fraction of sp³-hybridized carbons (Fsp3) is 0.219. The summed E-state index contributed by atoms with van der Waals surface area (Å²) in [6, 6.07) is 21.7. The quantitative estimate of drug-likeness (QED) is 0.254. The average Bonchev–Trinajstić information content (AvgIpc) is 3.43. The molecule has 0 aliphatic heterocycles. The highest BCUT2D eigenvalue weighted by Gasteiger charge is 2.20. The Morgan fingerprint density at radius 3 is 2.34 bits per heavy atom. The van der Waals surface area contributed by atoms with E-state index in [0.717, 1.165) is 34.2 Å². The van der Waals surface area contributed by atoms with Gasteiger partial charge in [-0.3, -0.25) is 4.98 Å². The highest BCUT2D eigenvalue weighted by molar-refractivity contribution is 7.18. The molecule has 3 aromatic heterocycles. The van der Waals surface area contributed by atoms with Crippen LogP contribution in [-0.2, 0) is 6.42 Å². The molecule has 0 fully saturated rings. The topological polar surface area (TPSA) is 26.0 Å². The predicted molar refractivity (Wildman–Crippen MR) is 150 cm³/mol. The smallest absolute Gasteiger partial charge is 0.153 e. The fourth-order valence-electron chi connectivity index (χ4n) is 5.31. The van der Waals surface area contributed by atoms with Crippen LogP contribution in [0.4, 0.5) is 0 Å². The molecule has 0 amide bonds. The second-order valence-electron chi connectivity index (χ2n) is 10.8. The molecule has 6 rings (SSSR count). The number of rotatable bonds is 3. The zero-order valence-corrected chi connectivity index (χ0v) is 21.7. The van der Waals surface area contributed by atoms with Crippen LogP contribution in [0.5, 0.6) is 0 Å². The second-order valence-corrected chi connectivity index (χ2v) is 11.7.